The Morgan fingerprint density at radius 2 is 1.14 bits per heavy atom. The van der Waals surface area contributed by atoms with Crippen LogP contribution in [0.2, 0.25) is 0 Å². The maximum atomic E-state index is 12.3. The Bertz CT molecular complexity index is 963. The summed E-state index contributed by atoms with van der Waals surface area (Å²) < 4.78 is 10.5. The zero-order valence-electron chi connectivity index (χ0n) is 15.2. The second-order valence-electron chi connectivity index (χ2n) is 6.06. The molecule has 0 N–H and O–H groups in total. The molecule has 5 heteroatoms. The Morgan fingerprint density at radius 1 is 0.643 bits per heavy atom. The fourth-order valence-electron chi connectivity index (χ4n) is 2.52. The minimum Gasteiger partial charge on any atom is -0.451 e. The number of ketones is 1. The molecule has 0 saturated heterocycles. The van der Waals surface area contributed by atoms with Gasteiger partial charge in [-0.2, -0.15) is 0 Å². The van der Waals surface area contributed by atoms with Crippen LogP contribution in [-0.2, 0) is 4.74 Å². The summed E-state index contributed by atoms with van der Waals surface area (Å²) in [5, 5.41) is 0. The highest BCUT2D eigenvalue weighted by Gasteiger charge is 2.20. The second kappa shape index (κ2) is 8.77. The van der Waals surface area contributed by atoms with Gasteiger partial charge in [0.05, 0.1) is 11.1 Å². The zero-order chi connectivity index (χ0) is 19.9. The van der Waals surface area contributed by atoms with E-state index in [1.807, 2.05) is 6.07 Å². The van der Waals surface area contributed by atoms with E-state index >= 15 is 0 Å². The van der Waals surface area contributed by atoms with E-state index in [1.165, 1.54) is 31.2 Å². The first-order chi connectivity index (χ1) is 13.5. The lowest BCUT2D eigenvalue weighted by Gasteiger charge is -2.12. The van der Waals surface area contributed by atoms with Gasteiger partial charge in [-0.3, -0.25) is 4.79 Å². The smallest absolute Gasteiger partial charge is 0.343 e. The fraction of sp³-hybridized carbons (Fsp3) is 0.0870. The summed E-state index contributed by atoms with van der Waals surface area (Å²) in [5.74, 6) is -1.01. The van der Waals surface area contributed by atoms with Crippen molar-refractivity contribution in [2.24, 2.45) is 0 Å². The van der Waals surface area contributed by atoms with Gasteiger partial charge in [0.25, 0.3) is 0 Å². The lowest BCUT2D eigenvalue weighted by atomic mass is 10.1. The summed E-state index contributed by atoms with van der Waals surface area (Å²) in [5.41, 5.74) is 1.01. The topological polar surface area (TPSA) is 69.7 Å². The van der Waals surface area contributed by atoms with E-state index in [2.05, 4.69) is 0 Å². The molecular formula is C23H18O5. The molecule has 5 nitrogen and oxygen atoms in total. The third-order valence-corrected chi connectivity index (χ3v) is 4.02. The molecule has 1 atom stereocenters. The van der Waals surface area contributed by atoms with E-state index < -0.39 is 18.0 Å². The number of Topliss-reactive ketones (excluding diaryl/α,β-unsaturated/α-hetero) is 1. The van der Waals surface area contributed by atoms with Gasteiger partial charge >= 0.3 is 11.9 Å². The van der Waals surface area contributed by atoms with Crippen LogP contribution in [0.5, 0.6) is 5.75 Å². The number of hydrogen-bond donors (Lipinski definition) is 0. The highest BCUT2D eigenvalue weighted by molar-refractivity contribution is 6.01. The van der Waals surface area contributed by atoms with Gasteiger partial charge in [-0.1, -0.05) is 48.5 Å². The van der Waals surface area contributed by atoms with Crippen LogP contribution >= 0.6 is 0 Å². The molecule has 0 amide bonds. The highest BCUT2D eigenvalue weighted by atomic mass is 16.5. The molecule has 0 aliphatic rings. The van der Waals surface area contributed by atoms with Crippen molar-refractivity contribution in [3.8, 4) is 5.75 Å². The first kappa shape index (κ1) is 19.0. The van der Waals surface area contributed by atoms with Crippen molar-refractivity contribution in [1.29, 1.82) is 0 Å². The van der Waals surface area contributed by atoms with E-state index in [1.54, 1.807) is 54.6 Å². The second-order valence-corrected chi connectivity index (χ2v) is 6.06. The van der Waals surface area contributed by atoms with Crippen LogP contribution in [0.1, 0.15) is 38.0 Å². The summed E-state index contributed by atoms with van der Waals surface area (Å²) in [7, 11) is 0. The SMILES string of the molecule is CC(OC(=O)c1ccc(C(=O)Oc2ccccc2)cc1)C(=O)c1ccccc1. The molecule has 0 fully saturated rings. The van der Waals surface area contributed by atoms with Crippen molar-refractivity contribution in [2.45, 2.75) is 13.0 Å². The molecule has 0 heterocycles. The molecule has 0 radical (unpaired) electrons. The third-order valence-electron chi connectivity index (χ3n) is 4.02. The lowest BCUT2D eigenvalue weighted by Crippen LogP contribution is -2.24. The summed E-state index contributed by atoms with van der Waals surface area (Å²) in [6.45, 7) is 1.53. The highest BCUT2D eigenvalue weighted by Crippen LogP contribution is 2.14. The van der Waals surface area contributed by atoms with Gasteiger partial charge in [-0.25, -0.2) is 9.59 Å². The van der Waals surface area contributed by atoms with E-state index in [-0.39, 0.29) is 11.3 Å². The number of rotatable bonds is 6. The minimum absolute atomic E-state index is 0.240. The van der Waals surface area contributed by atoms with E-state index in [0.717, 1.165) is 0 Å². The van der Waals surface area contributed by atoms with Crippen molar-refractivity contribution >= 4 is 17.7 Å². The molecule has 0 aliphatic carbocycles. The van der Waals surface area contributed by atoms with Gasteiger partial charge in [0.1, 0.15) is 5.75 Å². The Hall–Kier alpha value is -3.73. The molecule has 1 unspecified atom stereocenters. The Kier molecular flexibility index (Phi) is 5.97. The monoisotopic (exact) mass is 374 g/mol. The van der Waals surface area contributed by atoms with Gasteiger partial charge < -0.3 is 9.47 Å². The molecule has 3 rings (SSSR count). The van der Waals surface area contributed by atoms with Crippen molar-refractivity contribution in [1.82, 2.24) is 0 Å². The summed E-state index contributed by atoms with van der Waals surface area (Å²) >= 11 is 0. The van der Waals surface area contributed by atoms with Crippen LogP contribution in [0.15, 0.2) is 84.9 Å². The molecule has 3 aromatic carbocycles. The number of carbonyl (C=O) groups excluding carboxylic acids is 3. The zero-order valence-corrected chi connectivity index (χ0v) is 15.2. The predicted octanol–water partition coefficient (Wildman–Crippen LogP) is 4.33. The van der Waals surface area contributed by atoms with Gasteiger partial charge in [0.15, 0.2) is 6.10 Å². The van der Waals surface area contributed by atoms with Crippen molar-refractivity contribution in [2.75, 3.05) is 0 Å². The van der Waals surface area contributed by atoms with Crippen LogP contribution < -0.4 is 4.74 Å². The summed E-state index contributed by atoms with van der Waals surface area (Å²) in [6, 6.07) is 23.2. The molecule has 0 aromatic heterocycles. The average molecular weight is 374 g/mol. The Labute approximate surface area is 162 Å². The lowest BCUT2D eigenvalue weighted by molar-refractivity contribution is 0.0318. The maximum Gasteiger partial charge on any atom is 0.343 e. The molecule has 0 bridgehead atoms. The minimum atomic E-state index is -0.919. The average Bonchev–Trinajstić information content (AvgIpc) is 2.74. The number of carbonyl (C=O) groups is 3. The van der Waals surface area contributed by atoms with Gasteiger partial charge in [-0.05, 0) is 43.3 Å². The molecule has 140 valence electrons. The number of esters is 2. The van der Waals surface area contributed by atoms with Gasteiger partial charge in [0, 0.05) is 5.56 Å². The first-order valence-electron chi connectivity index (χ1n) is 8.72. The number of hydrogen-bond acceptors (Lipinski definition) is 5. The number of benzene rings is 3. The quantitative estimate of drug-likeness (QED) is 0.365. The number of ether oxygens (including phenoxy) is 2. The fourth-order valence-corrected chi connectivity index (χ4v) is 2.52. The molecule has 0 spiro atoms. The van der Waals surface area contributed by atoms with Crippen LogP contribution in [0.25, 0.3) is 0 Å². The largest absolute Gasteiger partial charge is 0.451 e. The van der Waals surface area contributed by atoms with E-state index in [9.17, 15) is 14.4 Å². The van der Waals surface area contributed by atoms with Gasteiger partial charge in [-0.15, -0.1) is 0 Å². The van der Waals surface area contributed by atoms with Crippen LogP contribution in [0.4, 0.5) is 0 Å². The third kappa shape index (κ3) is 4.71. The standard InChI is InChI=1S/C23H18O5/c1-16(21(24)17-8-4-2-5-9-17)27-22(25)18-12-14-19(15-13-18)23(26)28-20-10-6-3-7-11-20/h2-16H,1H3. The van der Waals surface area contributed by atoms with Crippen molar-refractivity contribution in [3.63, 3.8) is 0 Å². The Morgan fingerprint density at radius 3 is 1.71 bits per heavy atom. The summed E-state index contributed by atoms with van der Waals surface area (Å²) in [6.07, 6.45) is -0.919. The maximum absolute atomic E-state index is 12.3. The summed E-state index contributed by atoms with van der Waals surface area (Å²) in [4.78, 5) is 36.7. The van der Waals surface area contributed by atoms with Crippen molar-refractivity contribution < 1.29 is 23.9 Å². The molecule has 0 saturated carbocycles. The first-order valence-corrected chi connectivity index (χ1v) is 8.72. The van der Waals surface area contributed by atoms with Crippen LogP contribution in [0.3, 0.4) is 0 Å². The number of para-hydroxylation sites is 1. The molecular weight excluding hydrogens is 356 g/mol. The van der Waals surface area contributed by atoms with Gasteiger partial charge in [0.2, 0.25) is 5.78 Å². The molecule has 28 heavy (non-hydrogen) atoms. The predicted molar refractivity (Wildman–Crippen MR) is 103 cm³/mol. The Balaban J connectivity index is 1.62. The molecule has 3 aromatic rings. The van der Waals surface area contributed by atoms with Crippen LogP contribution in [-0.4, -0.2) is 23.8 Å². The van der Waals surface area contributed by atoms with Crippen LogP contribution in [0, 0.1) is 0 Å². The van der Waals surface area contributed by atoms with E-state index in [4.69, 9.17) is 9.47 Å². The molecule has 0 aliphatic heterocycles. The van der Waals surface area contributed by atoms with E-state index in [0.29, 0.717) is 16.9 Å². The van der Waals surface area contributed by atoms with Crippen molar-refractivity contribution in [3.05, 3.63) is 102 Å². The normalized spacial score (nSPS) is 11.3.